The second kappa shape index (κ2) is 13.1. The molecule has 106 valence electrons. The summed E-state index contributed by atoms with van der Waals surface area (Å²) in [6.07, 6.45) is 15.2. The minimum Gasteiger partial charge on any atom is -0.276 e. The zero-order valence-corrected chi connectivity index (χ0v) is 12.9. The molecule has 0 aromatic carbocycles. The fourth-order valence-electron chi connectivity index (χ4n) is 2.16. The van der Waals surface area contributed by atoms with Crippen molar-refractivity contribution in [3.8, 4) is 0 Å². The van der Waals surface area contributed by atoms with Gasteiger partial charge in [-0.15, -0.1) is 0 Å². The molecular formula is C16H29ClO. The predicted octanol–water partition coefficient (Wildman–Crippen LogP) is 6.01. The highest BCUT2D eigenvalue weighted by Gasteiger charge is 2.01. The lowest BCUT2D eigenvalue weighted by Gasteiger charge is -2.06. The second-order valence-electron chi connectivity index (χ2n) is 5.08. The van der Waals surface area contributed by atoms with E-state index in [4.69, 9.17) is 11.6 Å². The van der Waals surface area contributed by atoms with Crippen LogP contribution < -0.4 is 0 Å². The summed E-state index contributed by atoms with van der Waals surface area (Å²) in [5, 5.41) is -0.313. The summed E-state index contributed by atoms with van der Waals surface area (Å²) in [6, 6.07) is 0. The van der Waals surface area contributed by atoms with E-state index in [9.17, 15) is 4.79 Å². The molecule has 0 N–H and O–H groups in total. The molecule has 0 radical (unpaired) electrons. The highest BCUT2D eigenvalue weighted by atomic mass is 35.5. The number of rotatable bonds is 12. The zero-order chi connectivity index (χ0) is 13.6. The van der Waals surface area contributed by atoms with E-state index in [0.29, 0.717) is 0 Å². The molecule has 0 aliphatic rings. The lowest BCUT2D eigenvalue weighted by molar-refractivity contribution is -0.107. The summed E-state index contributed by atoms with van der Waals surface area (Å²) >= 11 is 5.45. The molecular weight excluding hydrogens is 244 g/mol. The van der Waals surface area contributed by atoms with Crippen molar-refractivity contribution in [1.29, 1.82) is 0 Å². The highest BCUT2D eigenvalue weighted by Crippen LogP contribution is 2.18. The second-order valence-corrected chi connectivity index (χ2v) is 5.45. The van der Waals surface area contributed by atoms with Crippen LogP contribution in [0.15, 0.2) is 11.6 Å². The first-order valence-electron chi connectivity index (χ1n) is 7.59. The van der Waals surface area contributed by atoms with Crippen molar-refractivity contribution in [2.45, 2.75) is 84.5 Å². The Morgan fingerprint density at radius 2 is 1.28 bits per heavy atom. The molecule has 0 aliphatic carbocycles. The minimum atomic E-state index is -0.313. The Balaban J connectivity index is 3.76. The van der Waals surface area contributed by atoms with Crippen LogP contribution in [-0.4, -0.2) is 5.24 Å². The van der Waals surface area contributed by atoms with Gasteiger partial charge >= 0.3 is 0 Å². The van der Waals surface area contributed by atoms with Crippen molar-refractivity contribution in [2.75, 3.05) is 0 Å². The van der Waals surface area contributed by atoms with Crippen molar-refractivity contribution in [2.24, 2.45) is 0 Å². The maximum atomic E-state index is 10.9. The lowest BCUT2D eigenvalue weighted by atomic mass is 10.00. The van der Waals surface area contributed by atoms with Crippen LogP contribution in [0.25, 0.3) is 0 Å². The van der Waals surface area contributed by atoms with E-state index < -0.39 is 0 Å². The van der Waals surface area contributed by atoms with E-state index in [0.717, 1.165) is 12.8 Å². The highest BCUT2D eigenvalue weighted by molar-refractivity contribution is 6.66. The number of hydrogen-bond acceptors (Lipinski definition) is 1. The van der Waals surface area contributed by atoms with Crippen molar-refractivity contribution in [3.05, 3.63) is 11.6 Å². The van der Waals surface area contributed by atoms with E-state index >= 15 is 0 Å². The van der Waals surface area contributed by atoms with Crippen LogP contribution in [-0.2, 0) is 4.79 Å². The summed E-state index contributed by atoms with van der Waals surface area (Å²) in [4.78, 5) is 10.9. The minimum absolute atomic E-state index is 0.313. The molecule has 0 bridgehead atoms. The van der Waals surface area contributed by atoms with E-state index in [2.05, 4.69) is 13.8 Å². The lowest BCUT2D eigenvalue weighted by Crippen LogP contribution is -1.90. The number of hydrogen-bond donors (Lipinski definition) is 0. The molecule has 0 fully saturated rings. The molecule has 0 rings (SSSR count). The van der Waals surface area contributed by atoms with Gasteiger partial charge in [0.05, 0.1) is 0 Å². The van der Waals surface area contributed by atoms with E-state index in [1.807, 2.05) is 0 Å². The summed E-state index contributed by atoms with van der Waals surface area (Å²) in [6.45, 7) is 4.43. The Kier molecular flexibility index (Phi) is 12.9. The van der Waals surface area contributed by atoms with Crippen LogP contribution in [0.2, 0.25) is 0 Å². The Hall–Kier alpha value is -0.300. The summed E-state index contributed by atoms with van der Waals surface area (Å²) in [5.74, 6) is 0. The molecule has 0 aromatic rings. The molecule has 0 saturated heterocycles. The Morgan fingerprint density at radius 1 is 0.833 bits per heavy atom. The quantitative estimate of drug-likeness (QED) is 0.242. The molecule has 0 aliphatic heterocycles. The van der Waals surface area contributed by atoms with Crippen molar-refractivity contribution >= 4 is 16.8 Å². The summed E-state index contributed by atoms with van der Waals surface area (Å²) in [5.41, 5.74) is 1.25. The number of carbonyl (C=O) groups excluding carboxylic acids is 1. The van der Waals surface area contributed by atoms with Crippen LogP contribution in [0.3, 0.4) is 0 Å². The SMILES string of the molecule is CCCCCCCC/C(=C/C(=O)Cl)CCCCC. The van der Waals surface area contributed by atoms with Crippen molar-refractivity contribution in [3.63, 3.8) is 0 Å². The van der Waals surface area contributed by atoms with E-state index in [1.54, 1.807) is 6.08 Å². The largest absolute Gasteiger partial charge is 0.276 e. The van der Waals surface area contributed by atoms with Gasteiger partial charge < -0.3 is 0 Å². The molecule has 0 aromatic heterocycles. The number of unbranched alkanes of at least 4 members (excludes halogenated alkanes) is 7. The molecule has 0 unspecified atom stereocenters. The normalized spacial score (nSPS) is 11.8. The standard InChI is InChI=1S/C16H29ClO/c1-3-5-7-8-9-11-13-15(14-16(17)18)12-10-6-4-2/h14H,3-13H2,1-2H3/b15-14+. The number of halogens is 1. The average Bonchev–Trinajstić information content (AvgIpc) is 2.33. The Morgan fingerprint density at radius 3 is 1.83 bits per heavy atom. The molecule has 0 heterocycles. The Bertz CT molecular complexity index is 233. The third kappa shape index (κ3) is 12.2. The first kappa shape index (κ1) is 17.7. The maximum absolute atomic E-state index is 10.9. The average molecular weight is 273 g/mol. The smallest absolute Gasteiger partial charge is 0.245 e. The predicted molar refractivity (Wildman–Crippen MR) is 81.1 cm³/mol. The van der Waals surface area contributed by atoms with Gasteiger partial charge in [-0.2, -0.15) is 0 Å². The first-order chi connectivity index (χ1) is 8.70. The van der Waals surface area contributed by atoms with Gasteiger partial charge in [0.1, 0.15) is 0 Å². The topological polar surface area (TPSA) is 17.1 Å². The number of carbonyl (C=O) groups is 1. The summed E-state index contributed by atoms with van der Waals surface area (Å²) < 4.78 is 0. The third-order valence-electron chi connectivity index (χ3n) is 3.27. The molecule has 0 saturated carbocycles. The molecule has 1 nitrogen and oxygen atoms in total. The fraction of sp³-hybridized carbons (Fsp3) is 0.812. The number of allylic oxidation sites excluding steroid dienone is 2. The monoisotopic (exact) mass is 272 g/mol. The van der Waals surface area contributed by atoms with Gasteiger partial charge in [-0.05, 0) is 43.4 Å². The zero-order valence-electron chi connectivity index (χ0n) is 12.1. The van der Waals surface area contributed by atoms with Crippen molar-refractivity contribution < 1.29 is 4.79 Å². The maximum Gasteiger partial charge on any atom is 0.245 e. The fourth-order valence-corrected chi connectivity index (χ4v) is 2.32. The third-order valence-corrected chi connectivity index (χ3v) is 3.38. The van der Waals surface area contributed by atoms with Gasteiger partial charge in [-0.1, -0.05) is 64.4 Å². The molecule has 0 atom stereocenters. The first-order valence-corrected chi connectivity index (χ1v) is 7.97. The van der Waals surface area contributed by atoms with Gasteiger partial charge in [0.25, 0.3) is 0 Å². The van der Waals surface area contributed by atoms with Crippen LogP contribution in [0, 0.1) is 0 Å². The van der Waals surface area contributed by atoms with E-state index in [1.165, 1.54) is 63.4 Å². The van der Waals surface area contributed by atoms with Crippen LogP contribution >= 0.6 is 11.6 Å². The van der Waals surface area contributed by atoms with Gasteiger partial charge in [-0.25, -0.2) is 0 Å². The molecule has 0 spiro atoms. The van der Waals surface area contributed by atoms with Gasteiger partial charge in [0, 0.05) is 0 Å². The van der Waals surface area contributed by atoms with Crippen LogP contribution in [0.1, 0.15) is 84.5 Å². The molecule has 18 heavy (non-hydrogen) atoms. The van der Waals surface area contributed by atoms with Gasteiger partial charge in [0.15, 0.2) is 0 Å². The van der Waals surface area contributed by atoms with E-state index in [-0.39, 0.29) is 5.24 Å². The Labute approximate surface area is 118 Å². The van der Waals surface area contributed by atoms with Crippen LogP contribution in [0.5, 0.6) is 0 Å². The van der Waals surface area contributed by atoms with Gasteiger partial charge in [0.2, 0.25) is 5.24 Å². The molecule has 0 amide bonds. The molecule has 2 heteroatoms. The van der Waals surface area contributed by atoms with Crippen LogP contribution in [0.4, 0.5) is 0 Å². The summed E-state index contributed by atoms with van der Waals surface area (Å²) in [7, 11) is 0. The van der Waals surface area contributed by atoms with Crippen molar-refractivity contribution in [1.82, 2.24) is 0 Å². The van der Waals surface area contributed by atoms with Gasteiger partial charge in [-0.3, -0.25) is 4.79 Å².